The van der Waals surface area contributed by atoms with Crippen LogP contribution in [0.1, 0.15) is 0 Å². The van der Waals surface area contributed by atoms with Gasteiger partial charge in [-0.25, -0.2) is 15.0 Å². The zero-order chi connectivity index (χ0) is 37.5. The Morgan fingerprint density at radius 2 is 0.982 bits per heavy atom. The number of nitrogens with zero attached hydrogens (tertiary/aromatic N) is 4. The molecule has 0 bridgehead atoms. The highest BCUT2D eigenvalue weighted by molar-refractivity contribution is 6.14. The number of benzene rings is 8. The maximum Gasteiger partial charge on any atom is 0.164 e. The van der Waals surface area contributed by atoms with Crippen LogP contribution in [0.2, 0.25) is 0 Å². The number of furan rings is 2. The van der Waals surface area contributed by atoms with Gasteiger partial charge in [-0.3, -0.25) is 0 Å². The standard InChI is InChI=1S/C51H30N4O2/c1-3-13-31(14-4-1)49-52-50(54-51(53-49)40-21-12-24-46-47(40)39-18-8-10-23-44(39)56-46)33-26-28-45-41(29-33)38-20-11-19-35(48(38)57-45)32-25-27-37-36-17-7-9-22-42(36)55(43(37)30-32)34-15-5-2-6-16-34/h1-30H. The first-order chi connectivity index (χ1) is 28.2. The van der Waals surface area contributed by atoms with Crippen LogP contribution in [0.3, 0.4) is 0 Å². The summed E-state index contributed by atoms with van der Waals surface area (Å²) >= 11 is 0. The number of aromatic nitrogens is 4. The van der Waals surface area contributed by atoms with Crippen LogP contribution in [0.15, 0.2) is 191 Å². The van der Waals surface area contributed by atoms with Crippen molar-refractivity contribution in [3.8, 4) is 51.0 Å². The highest BCUT2D eigenvalue weighted by Gasteiger charge is 2.20. The summed E-state index contributed by atoms with van der Waals surface area (Å²) in [5.74, 6) is 1.76. The Hall–Kier alpha value is -7.83. The summed E-state index contributed by atoms with van der Waals surface area (Å²) < 4.78 is 15.3. The van der Waals surface area contributed by atoms with Gasteiger partial charge in [0, 0.05) is 60.3 Å². The summed E-state index contributed by atoms with van der Waals surface area (Å²) in [6.45, 7) is 0. The van der Waals surface area contributed by atoms with E-state index in [1.54, 1.807) is 0 Å². The summed E-state index contributed by atoms with van der Waals surface area (Å²) in [6, 6.07) is 62.7. The molecule has 266 valence electrons. The van der Waals surface area contributed by atoms with Crippen molar-refractivity contribution in [2.75, 3.05) is 0 Å². The van der Waals surface area contributed by atoms with Crippen molar-refractivity contribution >= 4 is 65.7 Å². The molecule has 4 heterocycles. The first-order valence-electron chi connectivity index (χ1n) is 19.0. The van der Waals surface area contributed by atoms with E-state index < -0.39 is 0 Å². The Kier molecular flexibility index (Phi) is 6.83. The fourth-order valence-corrected chi connectivity index (χ4v) is 8.46. The lowest BCUT2D eigenvalue weighted by molar-refractivity contribution is 0.669. The summed E-state index contributed by atoms with van der Waals surface area (Å²) in [6.07, 6.45) is 0. The molecular weight excluding hydrogens is 701 g/mol. The highest BCUT2D eigenvalue weighted by atomic mass is 16.3. The molecule has 0 aliphatic carbocycles. The van der Waals surface area contributed by atoms with Gasteiger partial charge in [0.05, 0.1) is 11.0 Å². The van der Waals surface area contributed by atoms with Crippen LogP contribution in [-0.4, -0.2) is 19.5 Å². The van der Waals surface area contributed by atoms with Crippen LogP contribution < -0.4 is 0 Å². The maximum absolute atomic E-state index is 6.71. The molecule has 4 aromatic heterocycles. The molecule has 12 aromatic rings. The van der Waals surface area contributed by atoms with E-state index in [4.69, 9.17) is 23.8 Å². The van der Waals surface area contributed by atoms with Crippen molar-refractivity contribution in [2.45, 2.75) is 0 Å². The zero-order valence-corrected chi connectivity index (χ0v) is 30.4. The van der Waals surface area contributed by atoms with Gasteiger partial charge in [0.2, 0.25) is 0 Å². The molecule has 0 saturated heterocycles. The number of para-hydroxylation sites is 4. The molecule has 0 N–H and O–H groups in total. The van der Waals surface area contributed by atoms with Gasteiger partial charge in [0.1, 0.15) is 22.3 Å². The topological polar surface area (TPSA) is 69.9 Å². The van der Waals surface area contributed by atoms with Crippen LogP contribution >= 0.6 is 0 Å². The van der Waals surface area contributed by atoms with Crippen molar-refractivity contribution in [2.24, 2.45) is 0 Å². The molecule has 6 nitrogen and oxygen atoms in total. The third-order valence-electron chi connectivity index (χ3n) is 11.1. The fraction of sp³-hybridized carbons (Fsp3) is 0. The minimum Gasteiger partial charge on any atom is -0.456 e. The van der Waals surface area contributed by atoms with Gasteiger partial charge in [0.25, 0.3) is 0 Å². The minimum atomic E-state index is 0.579. The largest absolute Gasteiger partial charge is 0.456 e. The molecule has 0 saturated carbocycles. The monoisotopic (exact) mass is 730 g/mol. The maximum atomic E-state index is 6.71. The van der Waals surface area contributed by atoms with E-state index in [-0.39, 0.29) is 0 Å². The van der Waals surface area contributed by atoms with E-state index in [9.17, 15) is 0 Å². The predicted octanol–water partition coefficient (Wildman–Crippen LogP) is 13.4. The Balaban J connectivity index is 1.03. The number of fused-ring (bicyclic) bond motifs is 9. The third-order valence-corrected chi connectivity index (χ3v) is 11.1. The van der Waals surface area contributed by atoms with E-state index in [2.05, 4.69) is 114 Å². The highest BCUT2D eigenvalue weighted by Crippen LogP contribution is 2.41. The summed E-state index contributed by atoms with van der Waals surface area (Å²) in [4.78, 5) is 15.3. The molecule has 0 aliphatic rings. The van der Waals surface area contributed by atoms with Gasteiger partial charge in [-0.2, -0.15) is 0 Å². The molecule has 6 heteroatoms. The molecule has 0 spiro atoms. The van der Waals surface area contributed by atoms with Gasteiger partial charge in [-0.15, -0.1) is 0 Å². The molecule has 0 amide bonds. The van der Waals surface area contributed by atoms with Gasteiger partial charge in [-0.05, 0) is 60.2 Å². The van der Waals surface area contributed by atoms with E-state index >= 15 is 0 Å². The smallest absolute Gasteiger partial charge is 0.164 e. The Morgan fingerprint density at radius 1 is 0.351 bits per heavy atom. The number of rotatable bonds is 5. The lowest BCUT2D eigenvalue weighted by Crippen LogP contribution is -2.00. The van der Waals surface area contributed by atoms with Crippen LogP contribution in [0.4, 0.5) is 0 Å². The van der Waals surface area contributed by atoms with Crippen molar-refractivity contribution in [3.63, 3.8) is 0 Å². The van der Waals surface area contributed by atoms with Crippen LogP contribution in [0.25, 0.3) is 117 Å². The fourth-order valence-electron chi connectivity index (χ4n) is 8.46. The normalized spacial score (nSPS) is 11.9. The third kappa shape index (κ3) is 4.94. The van der Waals surface area contributed by atoms with Crippen molar-refractivity contribution in [3.05, 3.63) is 182 Å². The lowest BCUT2D eigenvalue weighted by atomic mass is 10.0. The second kappa shape index (κ2) is 12.3. The van der Waals surface area contributed by atoms with E-state index in [0.29, 0.717) is 17.5 Å². The van der Waals surface area contributed by atoms with Gasteiger partial charge >= 0.3 is 0 Å². The van der Waals surface area contributed by atoms with E-state index in [0.717, 1.165) is 82.9 Å². The Morgan fingerprint density at radius 3 is 1.86 bits per heavy atom. The molecule has 0 radical (unpaired) electrons. The minimum absolute atomic E-state index is 0.579. The van der Waals surface area contributed by atoms with Gasteiger partial charge in [0.15, 0.2) is 17.5 Å². The molecular formula is C51H30N4O2. The first-order valence-corrected chi connectivity index (χ1v) is 19.0. The van der Waals surface area contributed by atoms with E-state index in [1.807, 2.05) is 72.8 Å². The zero-order valence-electron chi connectivity index (χ0n) is 30.4. The number of hydrogen-bond donors (Lipinski definition) is 0. The molecule has 0 aliphatic heterocycles. The van der Waals surface area contributed by atoms with Gasteiger partial charge in [-0.1, -0.05) is 127 Å². The van der Waals surface area contributed by atoms with Crippen molar-refractivity contribution < 1.29 is 8.83 Å². The number of hydrogen-bond acceptors (Lipinski definition) is 5. The quantitative estimate of drug-likeness (QED) is 0.176. The molecule has 8 aromatic carbocycles. The second-order valence-corrected chi connectivity index (χ2v) is 14.4. The first kappa shape index (κ1) is 31.5. The molecule has 57 heavy (non-hydrogen) atoms. The van der Waals surface area contributed by atoms with Crippen LogP contribution in [-0.2, 0) is 0 Å². The Labute approximate surface area is 325 Å². The summed E-state index contributed by atoms with van der Waals surface area (Å²) in [5, 5.41) is 6.47. The van der Waals surface area contributed by atoms with Crippen LogP contribution in [0, 0.1) is 0 Å². The average molecular weight is 731 g/mol. The molecule has 0 unspecified atom stereocenters. The van der Waals surface area contributed by atoms with Crippen molar-refractivity contribution in [1.82, 2.24) is 19.5 Å². The van der Waals surface area contributed by atoms with E-state index in [1.165, 1.54) is 16.3 Å². The van der Waals surface area contributed by atoms with Crippen molar-refractivity contribution in [1.29, 1.82) is 0 Å². The Bertz CT molecular complexity index is 3530. The molecule has 12 rings (SSSR count). The second-order valence-electron chi connectivity index (χ2n) is 14.4. The predicted molar refractivity (Wildman–Crippen MR) is 230 cm³/mol. The summed E-state index contributed by atoms with van der Waals surface area (Å²) in [7, 11) is 0. The lowest BCUT2D eigenvalue weighted by Gasteiger charge is -2.09. The molecule has 0 fully saturated rings. The molecule has 0 atom stereocenters. The van der Waals surface area contributed by atoms with Gasteiger partial charge < -0.3 is 13.4 Å². The van der Waals surface area contributed by atoms with Crippen LogP contribution in [0.5, 0.6) is 0 Å². The summed E-state index contributed by atoms with van der Waals surface area (Å²) in [5.41, 5.74) is 11.5. The SMILES string of the molecule is c1ccc(-c2nc(-c3ccc4oc5c(-c6ccc7c8ccccc8n(-c8ccccc8)c7c6)cccc5c4c3)nc(-c3cccc4oc5ccccc5c34)n2)cc1. The average Bonchev–Trinajstić information content (AvgIpc) is 3.96.